The second-order valence-electron chi connectivity index (χ2n) is 14.6. The Bertz CT molecular complexity index is 1070. The average Bonchev–Trinajstić information content (AvgIpc) is 3.11. The smallest absolute Gasteiger partial charge is 0.306 e. The van der Waals surface area contributed by atoms with E-state index in [0.29, 0.717) is 17.6 Å². The zero-order valence-electron chi connectivity index (χ0n) is 34.4. The van der Waals surface area contributed by atoms with Crippen LogP contribution in [0.25, 0.3) is 0 Å². The quantitative estimate of drug-likeness (QED) is 0.0204. The lowest BCUT2D eigenvalue weighted by molar-refractivity contribution is -0.870. The van der Waals surface area contributed by atoms with E-state index in [2.05, 4.69) is 86.8 Å². The number of likely N-dealkylation sites (N-methyl/N-ethyl adjacent to an activating group) is 1. The molecule has 53 heavy (non-hydrogen) atoms. The van der Waals surface area contributed by atoms with Crippen LogP contribution in [0.2, 0.25) is 0 Å². The van der Waals surface area contributed by atoms with Crippen molar-refractivity contribution in [2.75, 3.05) is 54.1 Å². The van der Waals surface area contributed by atoms with Gasteiger partial charge >= 0.3 is 5.97 Å². The Balaban J connectivity index is 4.33. The predicted molar refractivity (Wildman–Crippen MR) is 222 cm³/mol. The summed E-state index contributed by atoms with van der Waals surface area (Å²) in [6.07, 6.45) is 46.3. The third-order valence-electron chi connectivity index (χ3n) is 8.22. The van der Waals surface area contributed by atoms with Crippen molar-refractivity contribution in [1.29, 1.82) is 0 Å². The van der Waals surface area contributed by atoms with Crippen LogP contribution in [0.5, 0.6) is 0 Å². The topological polar surface area (TPSA) is 94.1 Å². The van der Waals surface area contributed by atoms with E-state index in [-0.39, 0.29) is 32.2 Å². The molecular weight excluding hydrogens is 685 g/mol. The molecule has 8 nitrogen and oxygen atoms in total. The van der Waals surface area contributed by atoms with E-state index in [4.69, 9.17) is 18.5 Å². The fraction of sp³-hybridized carbons (Fsp3) is 0.705. The first-order chi connectivity index (χ1) is 25.6. The average molecular weight is 764 g/mol. The number of carbonyl (C=O) groups excluding carboxylic acids is 1. The molecule has 0 aliphatic heterocycles. The van der Waals surface area contributed by atoms with Gasteiger partial charge in [-0.3, -0.25) is 9.36 Å². The number of hydrogen-bond acceptors (Lipinski definition) is 7. The summed E-state index contributed by atoms with van der Waals surface area (Å²) in [5.41, 5.74) is 0. The van der Waals surface area contributed by atoms with E-state index < -0.39 is 13.9 Å². The van der Waals surface area contributed by atoms with Crippen LogP contribution in [0.3, 0.4) is 0 Å². The highest BCUT2D eigenvalue weighted by molar-refractivity contribution is 7.45. The molecular formula is C44H78NO7P. The molecule has 9 heteroatoms. The molecule has 0 aromatic rings. The highest BCUT2D eigenvalue weighted by Gasteiger charge is 2.20. The van der Waals surface area contributed by atoms with Crippen molar-refractivity contribution in [3.8, 4) is 0 Å². The Kier molecular flexibility index (Phi) is 35.5. The summed E-state index contributed by atoms with van der Waals surface area (Å²) in [5, 5.41) is 0. The summed E-state index contributed by atoms with van der Waals surface area (Å²) < 4.78 is 34.5. The lowest BCUT2D eigenvalue weighted by atomic mass is 10.1. The van der Waals surface area contributed by atoms with E-state index in [1.54, 1.807) is 0 Å². The number of nitrogens with zero attached hydrogens (tertiary/aromatic N) is 1. The minimum absolute atomic E-state index is 0.0152. The van der Waals surface area contributed by atoms with Gasteiger partial charge in [-0.2, -0.15) is 0 Å². The van der Waals surface area contributed by atoms with Gasteiger partial charge in [0.2, 0.25) is 0 Å². The molecule has 0 saturated carbocycles. The highest BCUT2D eigenvalue weighted by atomic mass is 31.2. The molecule has 0 amide bonds. The summed E-state index contributed by atoms with van der Waals surface area (Å²) in [6.45, 7) is 5.14. The maximum Gasteiger partial charge on any atom is 0.306 e. The number of hydrogen-bond donors (Lipinski definition) is 0. The summed E-state index contributed by atoms with van der Waals surface area (Å²) in [5.74, 6) is -0.360. The number of allylic oxidation sites excluding steroid dienone is 12. The van der Waals surface area contributed by atoms with E-state index >= 15 is 0 Å². The minimum atomic E-state index is -4.53. The van der Waals surface area contributed by atoms with E-state index in [0.717, 1.165) is 103 Å². The lowest BCUT2D eigenvalue weighted by Crippen LogP contribution is -2.37. The predicted octanol–water partition coefficient (Wildman–Crippen LogP) is 11.3. The molecule has 0 radical (unpaired) electrons. The van der Waals surface area contributed by atoms with Gasteiger partial charge in [0, 0.05) is 13.0 Å². The fourth-order valence-corrected chi connectivity index (χ4v) is 5.77. The molecule has 0 N–H and O–H groups in total. The van der Waals surface area contributed by atoms with Crippen LogP contribution < -0.4 is 4.89 Å². The molecule has 0 aromatic carbocycles. The van der Waals surface area contributed by atoms with Crippen LogP contribution in [-0.4, -0.2) is 70.7 Å². The maximum atomic E-state index is 12.6. The van der Waals surface area contributed by atoms with Gasteiger partial charge < -0.3 is 27.9 Å². The summed E-state index contributed by atoms with van der Waals surface area (Å²) in [7, 11) is 1.32. The van der Waals surface area contributed by atoms with Gasteiger partial charge in [0.05, 0.1) is 34.4 Å². The Morgan fingerprint density at radius 1 is 0.604 bits per heavy atom. The standard InChI is InChI=1S/C44H78NO7P/c1-6-8-10-12-14-16-18-20-21-22-23-24-26-28-30-32-34-36-39-49-41-43(42-51-53(47,48)50-40-38-45(3,4)5)52-44(46)37-35-33-31-29-27-25-19-17-15-13-11-9-7-2/h8,10-11,13-14,16-17,19-21,23-24,43H,6-7,9,12,15,18,22,25-42H2,1-5H3/b10-8-,13-11-,16-14-,19-17-,21-20-,24-23-. The summed E-state index contributed by atoms with van der Waals surface area (Å²) >= 11 is 0. The van der Waals surface area contributed by atoms with Crippen LogP contribution >= 0.6 is 7.82 Å². The maximum absolute atomic E-state index is 12.6. The Morgan fingerprint density at radius 3 is 1.64 bits per heavy atom. The van der Waals surface area contributed by atoms with Gasteiger partial charge in [-0.15, -0.1) is 0 Å². The van der Waals surface area contributed by atoms with Gasteiger partial charge in [0.25, 0.3) is 7.82 Å². The van der Waals surface area contributed by atoms with Gasteiger partial charge in [-0.1, -0.05) is 132 Å². The lowest BCUT2D eigenvalue weighted by Gasteiger charge is -2.28. The molecule has 0 aromatic heterocycles. The van der Waals surface area contributed by atoms with Crippen molar-refractivity contribution in [2.45, 2.75) is 148 Å². The molecule has 2 unspecified atom stereocenters. The number of rotatable bonds is 37. The molecule has 306 valence electrons. The summed E-state index contributed by atoms with van der Waals surface area (Å²) in [6, 6.07) is 0. The third kappa shape index (κ3) is 41.0. The number of quaternary nitrogens is 1. The van der Waals surface area contributed by atoms with Crippen LogP contribution in [-0.2, 0) is 27.9 Å². The Labute approximate surface area is 325 Å². The first-order valence-electron chi connectivity index (χ1n) is 20.7. The number of unbranched alkanes of at least 4 members (excludes halogenated alkanes) is 11. The largest absolute Gasteiger partial charge is 0.756 e. The Hall–Kier alpha value is -2.06. The van der Waals surface area contributed by atoms with E-state index in [9.17, 15) is 14.3 Å². The molecule has 2 atom stereocenters. The molecule has 0 rings (SSSR count). The number of phosphoric ester groups is 1. The number of esters is 1. The van der Waals surface area contributed by atoms with Crippen molar-refractivity contribution < 1.29 is 37.3 Å². The van der Waals surface area contributed by atoms with Crippen LogP contribution in [0.4, 0.5) is 0 Å². The van der Waals surface area contributed by atoms with Gasteiger partial charge in [0.15, 0.2) is 0 Å². The van der Waals surface area contributed by atoms with Crippen LogP contribution in [0, 0.1) is 0 Å². The van der Waals surface area contributed by atoms with Crippen LogP contribution in [0.15, 0.2) is 72.9 Å². The molecule has 0 saturated heterocycles. The SMILES string of the molecule is CC/C=C\C/C=C\C/C=C\C/C=C\CCCCCCCOCC(COP(=O)([O-])OCC[N+](C)(C)C)OC(=O)CCCCCCC/C=C\C/C=C\CCC. The Morgan fingerprint density at radius 2 is 1.09 bits per heavy atom. The van der Waals surface area contributed by atoms with Crippen molar-refractivity contribution in [1.82, 2.24) is 0 Å². The molecule has 0 fully saturated rings. The molecule has 0 bridgehead atoms. The van der Waals surface area contributed by atoms with Crippen molar-refractivity contribution in [3.05, 3.63) is 72.9 Å². The first kappa shape index (κ1) is 50.9. The van der Waals surface area contributed by atoms with Crippen LogP contribution in [0.1, 0.15) is 142 Å². The summed E-state index contributed by atoms with van der Waals surface area (Å²) in [4.78, 5) is 25.0. The fourth-order valence-electron chi connectivity index (χ4n) is 5.04. The zero-order valence-corrected chi connectivity index (χ0v) is 35.3. The first-order valence-corrected chi connectivity index (χ1v) is 22.1. The molecule has 0 aliphatic rings. The van der Waals surface area contributed by atoms with Gasteiger partial charge in [-0.05, 0) is 77.0 Å². The third-order valence-corrected chi connectivity index (χ3v) is 9.19. The molecule has 0 aliphatic carbocycles. The molecule has 0 spiro atoms. The second-order valence-corrected chi connectivity index (χ2v) is 16.0. The number of ether oxygens (including phenoxy) is 2. The zero-order chi connectivity index (χ0) is 39.1. The van der Waals surface area contributed by atoms with Crippen molar-refractivity contribution in [2.24, 2.45) is 0 Å². The molecule has 0 heterocycles. The minimum Gasteiger partial charge on any atom is -0.756 e. The van der Waals surface area contributed by atoms with Crippen molar-refractivity contribution in [3.63, 3.8) is 0 Å². The highest BCUT2D eigenvalue weighted by Crippen LogP contribution is 2.38. The monoisotopic (exact) mass is 764 g/mol. The van der Waals surface area contributed by atoms with E-state index in [1.807, 2.05) is 21.1 Å². The van der Waals surface area contributed by atoms with Crippen molar-refractivity contribution >= 4 is 13.8 Å². The van der Waals surface area contributed by atoms with Gasteiger partial charge in [-0.25, -0.2) is 0 Å². The number of carbonyl (C=O) groups is 1. The normalized spacial score (nSPS) is 14.6. The van der Waals surface area contributed by atoms with Gasteiger partial charge in [0.1, 0.15) is 19.3 Å². The number of phosphoric acid groups is 1. The van der Waals surface area contributed by atoms with E-state index in [1.165, 1.54) is 19.3 Å². The second kappa shape index (κ2) is 36.9.